The SMILES string of the molecule is Cc1cc(C(N)c2ccccc2Cl)c(C)s1. The van der Waals surface area contributed by atoms with Crippen molar-refractivity contribution in [1.29, 1.82) is 0 Å². The molecule has 0 fully saturated rings. The van der Waals surface area contributed by atoms with Crippen LogP contribution in [0.1, 0.15) is 26.9 Å². The summed E-state index contributed by atoms with van der Waals surface area (Å²) in [5.74, 6) is 0. The van der Waals surface area contributed by atoms with Gasteiger partial charge in [-0.05, 0) is 37.1 Å². The van der Waals surface area contributed by atoms with E-state index in [-0.39, 0.29) is 6.04 Å². The van der Waals surface area contributed by atoms with Crippen molar-refractivity contribution in [1.82, 2.24) is 0 Å². The van der Waals surface area contributed by atoms with Crippen LogP contribution in [0.2, 0.25) is 5.02 Å². The van der Waals surface area contributed by atoms with Crippen molar-refractivity contribution in [3.8, 4) is 0 Å². The topological polar surface area (TPSA) is 26.0 Å². The molecule has 1 atom stereocenters. The molecule has 1 nitrogen and oxygen atoms in total. The molecule has 0 saturated carbocycles. The second-order valence-corrected chi connectivity index (χ2v) is 5.74. The normalized spacial score (nSPS) is 12.8. The molecule has 1 aromatic heterocycles. The number of hydrogen-bond acceptors (Lipinski definition) is 2. The molecule has 2 rings (SSSR count). The third-order valence-electron chi connectivity index (χ3n) is 2.65. The number of aryl methyl sites for hydroxylation is 2. The van der Waals surface area contributed by atoms with Crippen LogP contribution in [0.3, 0.4) is 0 Å². The summed E-state index contributed by atoms with van der Waals surface area (Å²) >= 11 is 7.93. The largest absolute Gasteiger partial charge is 0.320 e. The standard InChI is InChI=1S/C13H14ClNS/c1-8-7-11(9(2)16-8)13(15)10-5-3-4-6-12(10)14/h3-7,13H,15H2,1-2H3. The average molecular weight is 252 g/mol. The molecule has 2 N–H and O–H groups in total. The van der Waals surface area contributed by atoms with Gasteiger partial charge in [0.15, 0.2) is 0 Å². The lowest BCUT2D eigenvalue weighted by atomic mass is 10.00. The van der Waals surface area contributed by atoms with Crippen LogP contribution < -0.4 is 5.73 Å². The molecule has 1 aromatic carbocycles. The zero-order chi connectivity index (χ0) is 11.7. The van der Waals surface area contributed by atoms with Gasteiger partial charge in [0.1, 0.15) is 0 Å². The zero-order valence-electron chi connectivity index (χ0n) is 9.33. The van der Waals surface area contributed by atoms with E-state index in [0.29, 0.717) is 0 Å². The van der Waals surface area contributed by atoms with Crippen LogP contribution >= 0.6 is 22.9 Å². The minimum absolute atomic E-state index is 0.126. The maximum absolute atomic E-state index is 6.25. The van der Waals surface area contributed by atoms with E-state index >= 15 is 0 Å². The molecule has 0 spiro atoms. The van der Waals surface area contributed by atoms with Crippen LogP contribution in [0.15, 0.2) is 30.3 Å². The van der Waals surface area contributed by atoms with Crippen molar-refractivity contribution in [2.45, 2.75) is 19.9 Å². The molecule has 84 valence electrons. The summed E-state index contributed by atoms with van der Waals surface area (Å²) in [6, 6.07) is 9.78. The molecule has 3 heteroatoms. The number of thiophene rings is 1. The van der Waals surface area contributed by atoms with Gasteiger partial charge in [0.05, 0.1) is 6.04 Å². The Morgan fingerprint density at radius 3 is 2.44 bits per heavy atom. The highest BCUT2D eigenvalue weighted by molar-refractivity contribution is 7.12. The Hall–Kier alpha value is -0.830. The van der Waals surface area contributed by atoms with Crippen molar-refractivity contribution in [2.75, 3.05) is 0 Å². The zero-order valence-corrected chi connectivity index (χ0v) is 10.9. The fourth-order valence-corrected chi connectivity index (χ4v) is 3.08. The van der Waals surface area contributed by atoms with Gasteiger partial charge in [-0.1, -0.05) is 29.8 Å². The summed E-state index contributed by atoms with van der Waals surface area (Å²) in [4.78, 5) is 2.56. The molecule has 0 amide bonds. The predicted octanol–water partition coefficient (Wildman–Crippen LogP) is 4.07. The summed E-state index contributed by atoms with van der Waals surface area (Å²) in [6.07, 6.45) is 0. The van der Waals surface area contributed by atoms with E-state index in [4.69, 9.17) is 17.3 Å². The average Bonchev–Trinajstić information content (AvgIpc) is 2.58. The third kappa shape index (κ3) is 2.14. The summed E-state index contributed by atoms with van der Waals surface area (Å²) in [6.45, 7) is 4.20. The Morgan fingerprint density at radius 1 is 1.19 bits per heavy atom. The monoisotopic (exact) mass is 251 g/mol. The first kappa shape index (κ1) is 11.6. The molecule has 2 aromatic rings. The minimum Gasteiger partial charge on any atom is -0.320 e. The molecule has 0 saturated heterocycles. The van der Waals surface area contributed by atoms with Gasteiger partial charge in [-0.25, -0.2) is 0 Å². The van der Waals surface area contributed by atoms with Crippen LogP contribution in [0.4, 0.5) is 0 Å². The highest BCUT2D eigenvalue weighted by Gasteiger charge is 2.15. The van der Waals surface area contributed by atoms with Crippen LogP contribution in [-0.2, 0) is 0 Å². The lowest BCUT2D eigenvalue weighted by molar-refractivity contribution is 0.869. The lowest BCUT2D eigenvalue weighted by Gasteiger charge is -2.13. The van der Waals surface area contributed by atoms with Gasteiger partial charge < -0.3 is 5.73 Å². The van der Waals surface area contributed by atoms with Gasteiger partial charge in [-0.2, -0.15) is 0 Å². The van der Waals surface area contributed by atoms with Crippen molar-refractivity contribution < 1.29 is 0 Å². The highest BCUT2D eigenvalue weighted by Crippen LogP contribution is 2.31. The van der Waals surface area contributed by atoms with Gasteiger partial charge in [0.25, 0.3) is 0 Å². The molecular weight excluding hydrogens is 238 g/mol. The molecule has 0 radical (unpaired) electrons. The maximum Gasteiger partial charge on any atom is 0.0577 e. The van der Waals surface area contributed by atoms with E-state index in [1.54, 1.807) is 11.3 Å². The van der Waals surface area contributed by atoms with Gasteiger partial charge in [-0.15, -0.1) is 11.3 Å². The Balaban J connectivity index is 2.43. The Morgan fingerprint density at radius 2 is 1.88 bits per heavy atom. The molecule has 1 heterocycles. The third-order valence-corrected chi connectivity index (χ3v) is 3.98. The smallest absolute Gasteiger partial charge is 0.0577 e. The van der Waals surface area contributed by atoms with Gasteiger partial charge in [-0.3, -0.25) is 0 Å². The molecule has 1 unspecified atom stereocenters. The van der Waals surface area contributed by atoms with Crippen LogP contribution in [0.25, 0.3) is 0 Å². The number of rotatable bonds is 2. The first-order valence-corrected chi connectivity index (χ1v) is 6.36. The van der Waals surface area contributed by atoms with E-state index in [9.17, 15) is 0 Å². The Kier molecular flexibility index (Phi) is 3.33. The van der Waals surface area contributed by atoms with Gasteiger partial charge in [0, 0.05) is 14.8 Å². The van der Waals surface area contributed by atoms with Crippen molar-refractivity contribution in [3.05, 3.63) is 56.2 Å². The molecular formula is C13H14ClNS. The molecule has 0 bridgehead atoms. The summed E-state index contributed by atoms with van der Waals surface area (Å²) in [7, 11) is 0. The maximum atomic E-state index is 6.25. The minimum atomic E-state index is -0.126. The van der Waals surface area contributed by atoms with Crippen molar-refractivity contribution >= 4 is 22.9 Å². The fourth-order valence-electron chi connectivity index (χ4n) is 1.85. The lowest BCUT2D eigenvalue weighted by Crippen LogP contribution is -2.12. The molecule has 0 aliphatic heterocycles. The first-order chi connectivity index (χ1) is 7.59. The van der Waals surface area contributed by atoms with Crippen LogP contribution in [0, 0.1) is 13.8 Å². The molecule has 0 aliphatic rings. The number of nitrogens with two attached hydrogens (primary N) is 1. The molecule has 16 heavy (non-hydrogen) atoms. The summed E-state index contributed by atoms with van der Waals surface area (Å²) < 4.78 is 0. The van der Waals surface area contributed by atoms with E-state index in [2.05, 4.69) is 19.9 Å². The molecule has 0 aliphatic carbocycles. The van der Waals surface area contributed by atoms with Crippen LogP contribution in [-0.4, -0.2) is 0 Å². The Labute approximate surface area is 105 Å². The fraction of sp³-hybridized carbons (Fsp3) is 0.231. The van der Waals surface area contributed by atoms with Crippen molar-refractivity contribution in [3.63, 3.8) is 0 Å². The van der Waals surface area contributed by atoms with Gasteiger partial charge in [0.2, 0.25) is 0 Å². The van der Waals surface area contributed by atoms with E-state index in [1.165, 1.54) is 15.3 Å². The number of halogens is 1. The summed E-state index contributed by atoms with van der Waals surface area (Å²) in [5, 5.41) is 0.734. The second kappa shape index (κ2) is 4.58. The quantitative estimate of drug-likeness (QED) is 0.856. The van der Waals surface area contributed by atoms with E-state index < -0.39 is 0 Å². The van der Waals surface area contributed by atoms with Crippen molar-refractivity contribution in [2.24, 2.45) is 5.73 Å². The van der Waals surface area contributed by atoms with E-state index in [1.807, 2.05) is 24.3 Å². The second-order valence-electron chi connectivity index (χ2n) is 3.87. The number of benzene rings is 1. The summed E-state index contributed by atoms with van der Waals surface area (Å²) in [5.41, 5.74) is 8.42. The first-order valence-electron chi connectivity index (χ1n) is 5.16. The highest BCUT2D eigenvalue weighted by atomic mass is 35.5. The number of hydrogen-bond donors (Lipinski definition) is 1. The van der Waals surface area contributed by atoms with Gasteiger partial charge >= 0.3 is 0 Å². The van der Waals surface area contributed by atoms with Crippen LogP contribution in [0.5, 0.6) is 0 Å². The Bertz CT molecular complexity index is 504. The van der Waals surface area contributed by atoms with E-state index in [0.717, 1.165) is 10.6 Å². The predicted molar refractivity (Wildman–Crippen MR) is 71.3 cm³/mol.